The Kier molecular flexibility index (Phi) is 6.18. The number of hydrogen-bond acceptors (Lipinski definition) is 7. The van der Waals surface area contributed by atoms with Crippen molar-refractivity contribution in [1.29, 1.82) is 0 Å². The number of nitrogens with one attached hydrogen (secondary N) is 1. The first-order valence-corrected chi connectivity index (χ1v) is 11.8. The van der Waals surface area contributed by atoms with Gasteiger partial charge in [0.05, 0.1) is 20.2 Å². The fourth-order valence-corrected chi connectivity index (χ4v) is 5.68. The van der Waals surface area contributed by atoms with Gasteiger partial charge in [-0.25, -0.2) is 9.97 Å². The standard InChI is InChI=1S/C22H28N4OS2/c1-14(2)21-15(3)22(17-11-16(27-4)5-6-18(17)25-21)26(12-19-23-7-9-28-19)13-20-24-8-10-29-20/h5-11,14-15,21-22,25H,12-13H2,1-4H3/t15-,21-,22+/m1/s1. The largest absolute Gasteiger partial charge is 0.497 e. The van der Waals surface area contributed by atoms with Crippen molar-refractivity contribution >= 4 is 28.4 Å². The SMILES string of the molecule is COc1ccc2c(c1)[C@@H](N(Cc1nccs1)Cc1nccs1)[C@H](C)[C@@H](C(C)C)N2. The quantitative estimate of drug-likeness (QED) is 0.543. The van der Waals surface area contributed by atoms with Crippen molar-refractivity contribution in [2.45, 2.75) is 45.9 Å². The molecule has 29 heavy (non-hydrogen) atoms. The molecule has 0 bridgehead atoms. The summed E-state index contributed by atoms with van der Waals surface area (Å²) in [6.45, 7) is 8.58. The van der Waals surface area contributed by atoms with Gasteiger partial charge >= 0.3 is 0 Å². The van der Waals surface area contributed by atoms with Crippen LogP contribution >= 0.6 is 22.7 Å². The van der Waals surface area contributed by atoms with E-state index in [1.165, 1.54) is 11.3 Å². The number of fused-ring (bicyclic) bond motifs is 1. The lowest BCUT2D eigenvalue weighted by Gasteiger charge is -2.45. The highest BCUT2D eigenvalue weighted by Crippen LogP contribution is 2.44. The lowest BCUT2D eigenvalue weighted by atomic mass is 9.78. The maximum atomic E-state index is 5.56. The zero-order valence-corrected chi connectivity index (χ0v) is 19.0. The van der Waals surface area contributed by atoms with Gasteiger partial charge in [-0.2, -0.15) is 0 Å². The Labute approximate surface area is 180 Å². The molecule has 0 amide bonds. The third kappa shape index (κ3) is 4.32. The van der Waals surface area contributed by atoms with Crippen molar-refractivity contribution < 1.29 is 4.74 Å². The number of anilines is 1. The molecule has 0 radical (unpaired) electrons. The second kappa shape index (κ2) is 8.81. The molecule has 5 nitrogen and oxygen atoms in total. The van der Waals surface area contributed by atoms with Crippen molar-refractivity contribution in [1.82, 2.24) is 14.9 Å². The van der Waals surface area contributed by atoms with Gasteiger partial charge in [0.2, 0.25) is 0 Å². The van der Waals surface area contributed by atoms with Crippen LogP contribution in [0.5, 0.6) is 5.75 Å². The highest BCUT2D eigenvalue weighted by molar-refractivity contribution is 7.09. The fourth-order valence-electron chi connectivity index (χ4n) is 4.40. The van der Waals surface area contributed by atoms with E-state index in [2.05, 4.69) is 63.8 Å². The van der Waals surface area contributed by atoms with Crippen LogP contribution in [0.2, 0.25) is 0 Å². The summed E-state index contributed by atoms with van der Waals surface area (Å²) in [6, 6.07) is 7.05. The van der Waals surface area contributed by atoms with Crippen LogP contribution in [0.4, 0.5) is 5.69 Å². The Balaban J connectivity index is 1.77. The number of ether oxygens (including phenoxy) is 1. The highest BCUT2D eigenvalue weighted by Gasteiger charge is 2.39. The average molecular weight is 429 g/mol. The van der Waals surface area contributed by atoms with Crippen molar-refractivity contribution in [3.8, 4) is 5.75 Å². The van der Waals surface area contributed by atoms with E-state index in [4.69, 9.17) is 4.74 Å². The lowest BCUT2D eigenvalue weighted by Crippen LogP contribution is -2.45. The molecular formula is C22H28N4OS2. The Morgan fingerprint density at radius 2 is 1.76 bits per heavy atom. The summed E-state index contributed by atoms with van der Waals surface area (Å²) in [7, 11) is 1.73. The molecule has 3 heterocycles. The Bertz CT molecular complexity index is 875. The summed E-state index contributed by atoms with van der Waals surface area (Å²) >= 11 is 3.43. The Morgan fingerprint density at radius 1 is 1.10 bits per heavy atom. The molecule has 1 aliphatic heterocycles. The molecule has 4 rings (SSSR count). The van der Waals surface area contributed by atoms with E-state index < -0.39 is 0 Å². The van der Waals surface area contributed by atoms with Gasteiger partial charge < -0.3 is 10.1 Å². The van der Waals surface area contributed by atoms with Crippen LogP contribution in [-0.2, 0) is 13.1 Å². The molecular weight excluding hydrogens is 400 g/mol. The number of methoxy groups -OCH3 is 1. The molecule has 0 aliphatic carbocycles. The summed E-state index contributed by atoms with van der Waals surface area (Å²) in [6.07, 6.45) is 3.78. The smallest absolute Gasteiger partial charge is 0.119 e. The zero-order chi connectivity index (χ0) is 20.4. The van der Waals surface area contributed by atoms with E-state index in [-0.39, 0.29) is 6.04 Å². The average Bonchev–Trinajstić information content (AvgIpc) is 3.40. The molecule has 1 aliphatic rings. The van der Waals surface area contributed by atoms with Gasteiger partial charge in [0, 0.05) is 40.9 Å². The maximum absolute atomic E-state index is 5.56. The van der Waals surface area contributed by atoms with Gasteiger partial charge in [0.15, 0.2) is 0 Å². The second-order valence-electron chi connectivity index (χ2n) is 7.93. The molecule has 2 aromatic heterocycles. The first kappa shape index (κ1) is 20.3. The highest BCUT2D eigenvalue weighted by atomic mass is 32.1. The summed E-state index contributed by atoms with van der Waals surface area (Å²) in [5.74, 6) is 1.85. The molecule has 0 saturated heterocycles. The van der Waals surface area contributed by atoms with Gasteiger partial charge in [-0.15, -0.1) is 22.7 Å². The molecule has 154 valence electrons. The van der Waals surface area contributed by atoms with E-state index in [0.29, 0.717) is 17.9 Å². The molecule has 0 unspecified atom stereocenters. The zero-order valence-electron chi connectivity index (χ0n) is 17.3. The summed E-state index contributed by atoms with van der Waals surface area (Å²) in [5, 5.41) is 10.2. The summed E-state index contributed by atoms with van der Waals surface area (Å²) < 4.78 is 5.56. The number of benzene rings is 1. The van der Waals surface area contributed by atoms with Crippen molar-refractivity contribution in [2.24, 2.45) is 11.8 Å². The predicted molar refractivity (Wildman–Crippen MR) is 121 cm³/mol. The number of rotatable bonds is 7. The third-order valence-electron chi connectivity index (χ3n) is 5.72. The van der Waals surface area contributed by atoms with Crippen LogP contribution in [-0.4, -0.2) is 28.0 Å². The molecule has 3 atom stereocenters. The van der Waals surface area contributed by atoms with Gasteiger partial charge in [-0.05, 0) is 35.6 Å². The Morgan fingerprint density at radius 3 is 2.28 bits per heavy atom. The van der Waals surface area contributed by atoms with E-state index in [0.717, 1.165) is 28.9 Å². The minimum absolute atomic E-state index is 0.251. The van der Waals surface area contributed by atoms with E-state index in [1.807, 2.05) is 18.5 Å². The number of nitrogens with zero attached hydrogens (tertiary/aromatic N) is 3. The first-order valence-electron chi connectivity index (χ1n) is 10.0. The second-order valence-corrected chi connectivity index (χ2v) is 9.89. The van der Waals surface area contributed by atoms with Crippen molar-refractivity contribution in [2.75, 3.05) is 12.4 Å². The summed E-state index contributed by atoms with van der Waals surface area (Å²) in [4.78, 5) is 11.7. The van der Waals surface area contributed by atoms with Gasteiger partial charge in [-0.3, -0.25) is 4.90 Å². The predicted octanol–water partition coefficient (Wildman–Crippen LogP) is 5.44. The van der Waals surface area contributed by atoms with E-state index in [9.17, 15) is 0 Å². The fraction of sp³-hybridized carbons (Fsp3) is 0.455. The third-order valence-corrected chi connectivity index (χ3v) is 7.25. The van der Waals surface area contributed by atoms with Crippen LogP contribution in [0.3, 0.4) is 0 Å². The molecule has 3 aromatic rings. The Hall–Kier alpha value is -1.96. The minimum Gasteiger partial charge on any atom is -0.497 e. The van der Waals surface area contributed by atoms with Crippen LogP contribution in [0.25, 0.3) is 0 Å². The molecule has 1 N–H and O–H groups in total. The van der Waals surface area contributed by atoms with Crippen LogP contribution in [0.1, 0.15) is 42.4 Å². The molecule has 0 spiro atoms. The molecule has 0 saturated carbocycles. The van der Waals surface area contributed by atoms with Crippen LogP contribution in [0, 0.1) is 11.8 Å². The van der Waals surface area contributed by atoms with Crippen molar-refractivity contribution in [3.63, 3.8) is 0 Å². The van der Waals surface area contributed by atoms with E-state index in [1.54, 1.807) is 29.8 Å². The van der Waals surface area contributed by atoms with Crippen LogP contribution < -0.4 is 10.1 Å². The minimum atomic E-state index is 0.251. The maximum Gasteiger partial charge on any atom is 0.119 e. The molecule has 1 aromatic carbocycles. The number of hydrogen-bond donors (Lipinski definition) is 1. The van der Waals surface area contributed by atoms with E-state index >= 15 is 0 Å². The molecule has 7 heteroatoms. The number of thiazole rings is 2. The van der Waals surface area contributed by atoms with Gasteiger partial charge in [0.25, 0.3) is 0 Å². The van der Waals surface area contributed by atoms with Gasteiger partial charge in [-0.1, -0.05) is 20.8 Å². The van der Waals surface area contributed by atoms with Gasteiger partial charge in [0.1, 0.15) is 15.8 Å². The normalized spacial score (nSPS) is 21.2. The lowest BCUT2D eigenvalue weighted by molar-refractivity contribution is 0.107. The monoisotopic (exact) mass is 428 g/mol. The summed E-state index contributed by atoms with van der Waals surface area (Å²) in [5.41, 5.74) is 2.50. The number of aromatic nitrogens is 2. The van der Waals surface area contributed by atoms with Crippen molar-refractivity contribution in [3.05, 3.63) is 56.9 Å². The first-order chi connectivity index (χ1) is 14.1. The topological polar surface area (TPSA) is 50.3 Å². The molecule has 0 fully saturated rings. The van der Waals surface area contributed by atoms with Crippen LogP contribution in [0.15, 0.2) is 41.4 Å².